The van der Waals surface area contributed by atoms with E-state index in [0.29, 0.717) is 18.1 Å². The Morgan fingerprint density at radius 1 is 1.23 bits per heavy atom. The van der Waals surface area contributed by atoms with Gasteiger partial charge in [-0.1, -0.05) is 11.6 Å². The molecule has 0 aliphatic rings. The van der Waals surface area contributed by atoms with Crippen LogP contribution in [-0.2, 0) is 4.79 Å². The maximum atomic E-state index is 12.7. The number of rotatable bonds is 7. The van der Waals surface area contributed by atoms with Crippen LogP contribution in [-0.4, -0.2) is 27.2 Å². The lowest BCUT2D eigenvalue weighted by Gasteiger charge is -2.15. The number of carbonyl (C=O) groups is 1. The molecule has 3 aromatic rings. The zero-order valence-electron chi connectivity index (χ0n) is 16.7. The standard InChI is InChI=1S/C21H19ClN4O5/c1-3-31-16-7-4-14(5-8-16)18-10-11-20(27)25(24-18)13(2)21(28)23-15-6-9-17(22)19(12-15)26(29)30/h4-13H,3H2,1-2H3,(H,23,28). The largest absolute Gasteiger partial charge is 0.494 e. The van der Waals surface area contributed by atoms with Crippen molar-refractivity contribution >= 4 is 28.9 Å². The van der Waals surface area contributed by atoms with Crippen LogP contribution in [0.5, 0.6) is 5.75 Å². The summed E-state index contributed by atoms with van der Waals surface area (Å²) in [5.41, 5.74) is 0.644. The van der Waals surface area contributed by atoms with Crippen LogP contribution in [0.15, 0.2) is 59.4 Å². The van der Waals surface area contributed by atoms with E-state index in [-0.39, 0.29) is 16.4 Å². The number of hydrogen-bond donors (Lipinski definition) is 1. The van der Waals surface area contributed by atoms with Crippen molar-refractivity contribution in [1.29, 1.82) is 0 Å². The van der Waals surface area contributed by atoms with Crippen LogP contribution in [0.25, 0.3) is 11.3 Å². The Labute approximate surface area is 182 Å². The van der Waals surface area contributed by atoms with Crippen LogP contribution < -0.4 is 15.6 Å². The van der Waals surface area contributed by atoms with Crippen LogP contribution in [0, 0.1) is 10.1 Å². The van der Waals surface area contributed by atoms with Gasteiger partial charge in [0.2, 0.25) is 5.91 Å². The van der Waals surface area contributed by atoms with E-state index in [1.807, 2.05) is 6.92 Å². The van der Waals surface area contributed by atoms with E-state index in [0.717, 1.165) is 16.3 Å². The van der Waals surface area contributed by atoms with E-state index in [1.165, 1.54) is 25.1 Å². The first-order chi connectivity index (χ1) is 14.8. The molecular formula is C21H19ClN4O5. The number of nitro benzene ring substituents is 1. The molecule has 0 fully saturated rings. The molecule has 0 bridgehead atoms. The molecule has 31 heavy (non-hydrogen) atoms. The summed E-state index contributed by atoms with van der Waals surface area (Å²) < 4.78 is 6.48. The number of nitro groups is 1. The number of carbonyl (C=O) groups excluding carboxylic acids is 1. The fourth-order valence-corrected chi connectivity index (χ4v) is 3.02. The molecule has 1 heterocycles. The zero-order chi connectivity index (χ0) is 22.5. The SMILES string of the molecule is CCOc1ccc(-c2ccc(=O)n(C(C)C(=O)Nc3ccc(Cl)c([N+](=O)[O-])c3)n2)cc1. The van der Waals surface area contributed by atoms with Gasteiger partial charge in [0.1, 0.15) is 16.8 Å². The highest BCUT2D eigenvalue weighted by atomic mass is 35.5. The summed E-state index contributed by atoms with van der Waals surface area (Å²) in [4.78, 5) is 35.4. The summed E-state index contributed by atoms with van der Waals surface area (Å²) in [6, 6.07) is 13.0. The number of benzene rings is 2. The lowest BCUT2D eigenvalue weighted by Crippen LogP contribution is -2.33. The Bertz CT molecular complexity index is 1180. The van der Waals surface area contributed by atoms with E-state index >= 15 is 0 Å². The molecule has 0 aliphatic heterocycles. The smallest absolute Gasteiger partial charge is 0.289 e. The second-order valence-corrected chi connectivity index (χ2v) is 6.95. The van der Waals surface area contributed by atoms with Crippen molar-refractivity contribution in [2.24, 2.45) is 0 Å². The van der Waals surface area contributed by atoms with Crippen molar-refractivity contribution < 1.29 is 14.5 Å². The van der Waals surface area contributed by atoms with Crippen LogP contribution in [0.3, 0.4) is 0 Å². The van der Waals surface area contributed by atoms with Crippen LogP contribution in [0.2, 0.25) is 5.02 Å². The number of ether oxygens (including phenoxy) is 1. The Hall–Kier alpha value is -3.72. The van der Waals surface area contributed by atoms with E-state index in [4.69, 9.17) is 16.3 Å². The molecule has 1 amide bonds. The van der Waals surface area contributed by atoms with Crippen LogP contribution >= 0.6 is 11.6 Å². The molecule has 160 valence electrons. The molecule has 0 aliphatic carbocycles. The Kier molecular flexibility index (Phi) is 6.66. The summed E-state index contributed by atoms with van der Waals surface area (Å²) in [6.45, 7) is 3.95. The molecule has 3 rings (SSSR count). The predicted molar refractivity (Wildman–Crippen MR) is 117 cm³/mol. The van der Waals surface area contributed by atoms with E-state index < -0.39 is 22.4 Å². The molecular weight excluding hydrogens is 424 g/mol. The average molecular weight is 443 g/mol. The lowest BCUT2D eigenvalue weighted by molar-refractivity contribution is -0.384. The quantitative estimate of drug-likeness (QED) is 0.435. The number of anilines is 1. The number of amides is 1. The number of halogens is 1. The molecule has 0 radical (unpaired) electrons. The summed E-state index contributed by atoms with van der Waals surface area (Å²) in [7, 11) is 0. The lowest BCUT2D eigenvalue weighted by atomic mass is 10.1. The van der Waals surface area contributed by atoms with Gasteiger partial charge in [-0.15, -0.1) is 0 Å². The molecule has 1 N–H and O–H groups in total. The molecule has 0 saturated heterocycles. The maximum Gasteiger partial charge on any atom is 0.289 e. The highest BCUT2D eigenvalue weighted by Gasteiger charge is 2.20. The van der Waals surface area contributed by atoms with Gasteiger partial charge in [-0.25, -0.2) is 4.68 Å². The fourth-order valence-electron chi connectivity index (χ4n) is 2.83. The van der Waals surface area contributed by atoms with Gasteiger partial charge in [-0.05, 0) is 56.3 Å². The average Bonchev–Trinajstić information content (AvgIpc) is 2.75. The van der Waals surface area contributed by atoms with Gasteiger partial charge in [0.15, 0.2) is 0 Å². The van der Waals surface area contributed by atoms with Gasteiger partial charge in [0.05, 0.1) is 17.2 Å². The Morgan fingerprint density at radius 3 is 2.58 bits per heavy atom. The number of aromatic nitrogens is 2. The first-order valence-corrected chi connectivity index (χ1v) is 9.76. The highest BCUT2D eigenvalue weighted by molar-refractivity contribution is 6.32. The molecule has 9 nitrogen and oxygen atoms in total. The topological polar surface area (TPSA) is 116 Å². The van der Waals surface area contributed by atoms with Crippen molar-refractivity contribution in [1.82, 2.24) is 9.78 Å². The van der Waals surface area contributed by atoms with Crippen molar-refractivity contribution in [3.8, 4) is 17.0 Å². The first-order valence-electron chi connectivity index (χ1n) is 9.38. The number of nitrogens with zero attached hydrogens (tertiary/aromatic N) is 3. The summed E-state index contributed by atoms with van der Waals surface area (Å²) in [5, 5.41) is 17.9. The van der Waals surface area contributed by atoms with Crippen molar-refractivity contribution in [2.75, 3.05) is 11.9 Å². The van der Waals surface area contributed by atoms with Crippen molar-refractivity contribution in [2.45, 2.75) is 19.9 Å². The van der Waals surface area contributed by atoms with E-state index in [2.05, 4.69) is 10.4 Å². The molecule has 1 atom stereocenters. The van der Waals surface area contributed by atoms with Crippen LogP contribution in [0.4, 0.5) is 11.4 Å². The van der Waals surface area contributed by atoms with Gasteiger partial charge in [-0.2, -0.15) is 5.10 Å². The van der Waals surface area contributed by atoms with E-state index in [9.17, 15) is 19.7 Å². The summed E-state index contributed by atoms with van der Waals surface area (Å²) >= 11 is 5.79. The highest BCUT2D eigenvalue weighted by Crippen LogP contribution is 2.27. The summed E-state index contributed by atoms with van der Waals surface area (Å²) in [5.74, 6) is 0.152. The third-order valence-electron chi connectivity index (χ3n) is 4.44. The minimum Gasteiger partial charge on any atom is -0.494 e. The first kappa shape index (κ1) is 22.0. The van der Waals surface area contributed by atoms with E-state index in [1.54, 1.807) is 30.3 Å². The monoisotopic (exact) mass is 442 g/mol. The molecule has 10 heteroatoms. The third-order valence-corrected chi connectivity index (χ3v) is 4.76. The molecule has 1 aromatic heterocycles. The molecule has 1 unspecified atom stereocenters. The fraction of sp³-hybridized carbons (Fsp3) is 0.190. The predicted octanol–water partition coefficient (Wildman–Crippen LogP) is 4.07. The number of nitrogens with one attached hydrogen (secondary N) is 1. The van der Waals surface area contributed by atoms with Crippen molar-refractivity contribution in [3.63, 3.8) is 0 Å². The Morgan fingerprint density at radius 2 is 1.94 bits per heavy atom. The van der Waals surface area contributed by atoms with Gasteiger partial charge in [0, 0.05) is 23.4 Å². The van der Waals surface area contributed by atoms with Crippen LogP contribution in [0.1, 0.15) is 19.9 Å². The molecule has 0 spiro atoms. The second kappa shape index (κ2) is 9.40. The molecule has 2 aromatic carbocycles. The minimum absolute atomic E-state index is 0.0445. The summed E-state index contributed by atoms with van der Waals surface area (Å²) in [6.07, 6.45) is 0. The minimum atomic E-state index is -0.968. The van der Waals surface area contributed by atoms with Gasteiger partial charge in [-0.3, -0.25) is 19.7 Å². The number of hydrogen-bond acceptors (Lipinski definition) is 6. The maximum absolute atomic E-state index is 12.7. The third kappa shape index (κ3) is 5.07. The molecule has 0 saturated carbocycles. The second-order valence-electron chi connectivity index (χ2n) is 6.55. The van der Waals surface area contributed by atoms with Crippen molar-refractivity contribution in [3.05, 3.63) is 80.1 Å². The van der Waals surface area contributed by atoms with Gasteiger partial charge < -0.3 is 10.1 Å². The normalized spacial score (nSPS) is 11.6. The van der Waals surface area contributed by atoms with Gasteiger partial charge >= 0.3 is 0 Å². The zero-order valence-corrected chi connectivity index (χ0v) is 17.5. The Balaban J connectivity index is 1.84. The van der Waals surface area contributed by atoms with Gasteiger partial charge in [0.25, 0.3) is 11.2 Å².